The first kappa shape index (κ1) is 20.5. The maximum absolute atomic E-state index is 12.1. The molecule has 2 aromatic rings. The van der Waals surface area contributed by atoms with E-state index in [2.05, 4.69) is 15.3 Å². The second-order valence-corrected chi connectivity index (χ2v) is 7.27. The van der Waals surface area contributed by atoms with E-state index in [1.807, 2.05) is 0 Å². The first-order chi connectivity index (χ1) is 13.5. The van der Waals surface area contributed by atoms with Crippen LogP contribution in [0.25, 0.3) is 0 Å². The molecule has 1 heterocycles. The summed E-state index contributed by atoms with van der Waals surface area (Å²) in [5.74, 6) is 1.10. The number of carbonyl (C=O) groups is 1. The first-order valence-corrected chi connectivity index (χ1v) is 9.69. The fourth-order valence-corrected chi connectivity index (χ4v) is 3.45. The van der Waals surface area contributed by atoms with Crippen LogP contribution >= 0.6 is 23.2 Å². The fourth-order valence-electron chi connectivity index (χ4n) is 2.99. The molecule has 150 valence electrons. The molecule has 0 bridgehead atoms. The van der Waals surface area contributed by atoms with Gasteiger partial charge in [0.2, 0.25) is 11.8 Å². The van der Waals surface area contributed by atoms with Crippen molar-refractivity contribution < 1.29 is 19.0 Å². The van der Waals surface area contributed by atoms with E-state index in [0.717, 1.165) is 25.7 Å². The first-order valence-electron chi connectivity index (χ1n) is 8.93. The van der Waals surface area contributed by atoms with Gasteiger partial charge in [-0.15, -0.1) is 0 Å². The van der Waals surface area contributed by atoms with Crippen molar-refractivity contribution in [1.82, 2.24) is 15.3 Å². The van der Waals surface area contributed by atoms with Crippen molar-refractivity contribution in [1.29, 1.82) is 0 Å². The highest BCUT2D eigenvalue weighted by atomic mass is 35.5. The predicted molar refractivity (Wildman–Crippen MR) is 105 cm³/mol. The van der Waals surface area contributed by atoms with Gasteiger partial charge in [0.15, 0.2) is 6.61 Å². The molecule has 1 aliphatic rings. The summed E-state index contributed by atoms with van der Waals surface area (Å²) in [6.45, 7) is -0.100. The summed E-state index contributed by atoms with van der Waals surface area (Å²) >= 11 is 11.9. The van der Waals surface area contributed by atoms with Crippen molar-refractivity contribution in [2.45, 2.75) is 37.8 Å². The van der Waals surface area contributed by atoms with Gasteiger partial charge in [-0.1, -0.05) is 23.2 Å². The van der Waals surface area contributed by atoms with Crippen molar-refractivity contribution in [2.75, 3.05) is 13.7 Å². The van der Waals surface area contributed by atoms with E-state index in [9.17, 15) is 4.79 Å². The lowest BCUT2D eigenvalue weighted by atomic mass is 9.93. The Labute approximate surface area is 173 Å². The average molecular weight is 426 g/mol. The third kappa shape index (κ3) is 5.87. The molecule has 0 saturated heterocycles. The van der Waals surface area contributed by atoms with Gasteiger partial charge in [-0.2, -0.15) is 4.98 Å². The van der Waals surface area contributed by atoms with E-state index in [4.69, 9.17) is 37.4 Å². The number of aromatic nitrogens is 2. The van der Waals surface area contributed by atoms with Gasteiger partial charge >= 0.3 is 0 Å². The standard InChI is InChI=1S/C19H21Cl2N3O4/c1-26-18-9-22-10-19(24-18)28-14-5-3-13(4-6-14)23-17(25)11-27-16-7-2-12(20)8-15(16)21/h2,7-10,13-14H,3-6,11H2,1H3,(H,23,25). The molecular formula is C19H21Cl2N3O4. The van der Waals surface area contributed by atoms with E-state index < -0.39 is 0 Å². The average Bonchev–Trinajstić information content (AvgIpc) is 2.69. The maximum atomic E-state index is 12.1. The van der Waals surface area contributed by atoms with Gasteiger partial charge in [0.05, 0.1) is 24.5 Å². The summed E-state index contributed by atoms with van der Waals surface area (Å²) < 4.78 is 16.4. The van der Waals surface area contributed by atoms with Gasteiger partial charge in [0.1, 0.15) is 11.9 Å². The fraction of sp³-hybridized carbons (Fsp3) is 0.421. The quantitative estimate of drug-likeness (QED) is 0.728. The van der Waals surface area contributed by atoms with Crippen LogP contribution < -0.4 is 19.5 Å². The van der Waals surface area contributed by atoms with Gasteiger partial charge in [0.25, 0.3) is 5.91 Å². The van der Waals surface area contributed by atoms with Gasteiger partial charge in [-0.3, -0.25) is 9.78 Å². The Kier molecular flexibility index (Phi) is 7.17. The Morgan fingerprint density at radius 2 is 1.93 bits per heavy atom. The number of rotatable bonds is 7. The molecule has 1 fully saturated rings. The van der Waals surface area contributed by atoms with Gasteiger partial charge < -0.3 is 19.5 Å². The molecule has 0 unspecified atom stereocenters. The Hall–Kier alpha value is -2.25. The number of methoxy groups -OCH3 is 1. The molecule has 1 N–H and O–H groups in total. The third-order valence-electron chi connectivity index (χ3n) is 4.38. The van der Waals surface area contributed by atoms with Crippen LogP contribution in [0.3, 0.4) is 0 Å². The topological polar surface area (TPSA) is 82.6 Å². The minimum atomic E-state index is -0.186. The molecule has 7 nitrogen and oxygen atoms in total. The van der Waals surface area contributed by atoms with E-state index in [0.29, 0.717) is 27.6 Å². The number of nitrogens with zero attached hydrogens (tertiary/aromatic N) is 2. The predicted octanol–water partition coefficient (Wildman–Crippen LogP) is 3.68. The lowest BCUT2D eigenvalue weighted by Crippen LogP contribution is -2.41. The SMILES string of the molecule is COc1cncc(OC2CCC(NC(=O)COc3ccc(Cl)cc3Cl)CC2)n1. The molecule has 1 aromatic carbocycles. The van der Waals surface area contributed by atoms with Crippen LogP contribution in [0, 0.1) is 0 Å². The monoisotopic (exact) mass is 425 g/mol. The number of halogens is 2. The van der Waals surface area contributed by atoms with Crippen LogP contribution in [0.4, 0.5) is 0 Å². The molecule has 1 aliphatic carbocycles. The van der Waals surface area contributed by atoms with Crippen LogP contribution in [0.2, 0.25) is 10.0 Å². The van der Waals surface area contributed by atoms with Crippen LogP contribution in [-0.2, 0) is 4.79 Å². The Morgan fingerprint density at radius 1 is 1.18 bits per heavy atom. The number of nitrogens with one attached hydrogen (secondary N) is 1. The molecule has 9 heteroatoms. The zero-order valence-corrected chi connectivity index (χ0v) is 16.9. The summed E-state index contributed by atoms with van der Waals surface area (Å²) in [5.41, 5.74) is 0. The zero-order chi connectivity index (χ0) is 19.9. The molecule has 0 spiro atoms. The van der Waals surface area contributed by atoms with E-state index in [-0.39, 0.29) is 24.7 Å². The summed E-state index contributed by atoms with van der Waals surface area (Å²) in [6.07, 6.45) is 6.39. The van der Waals surface area contributed by atoms with E-state index in [1.165, 1.54) is 13.3 Å². The highest BCUT2D eigenvalue weighted by Gasteiger charge is 2.24. The van der Waals surface area contributed by atoms with Crippen molar-refractivity contribution in [3.05, 3.63) is 40.6 Å². The molecule has 0 radical (unpaired) electrons. The van der Waals surface area contributed by atoms with Gasteiger partial charge in [-0.05, 0) is 43.9 Å². The normalized spacial score (nSPS) is 19.0. The molecule has 1 saturated carbocycles. The second-order valence-electron chi connectivity index (χ2n) is 6.42. The number of benzene rings is 1. The highest BCUT2D eigenvalue weighted by molar-refractivity contribution is 6.35. The number of amides is 1. The van der Waals surface area contributed by atoms with Crippen LogP contribution in [0.1, 0.15) is 25.7 Å². The van der Waals surface area contributed by atoms with Crippen LogP contribution in [0.5, 0.6) is 17.5 Å². The molecule has 0 aliphatic heterocycles. The van der Waals surface area contributed by atoms with Gasteiger partial charge in [0, 0.05) is 11.1 Å². The largest absolute Gasteiger partial charge is 0.482 e. The second kappa shape index (κ2) is 9.80. The summed E-state index contributed by atoms with van der Waals surface area (Å²) in [5, 5.41) is 3.87. The van der Waals surface area contributed by atoms with Gasteiger partial charge in [-0.25, -0.2) is 0 Å². The van der Waals surface area contributed by atoms with E-state index in [1.54, 1.807) is 24.4 Å². The molecule has 3 rings (SSSR count). The Bertz CT molecular complexity index is 814. The zero-order valence-electron chi connectivity index (χ0n) is 15.4. The number of hydrogen-bond acceptors (Lipinski definition) is 6. The van der Waals surface area contributed by atoms with Crippen molar-refractivity contribution >= 4 is 29.1 Å². The smallest absolute Gasteiger partial charge is 0.258 e. The van der Waals surface area contributed by atoms with Crippen LogP contribution in [-0.4, -0.2) is 41.7 Å². The molecular weight excluding hydrogens is 405 g/mol. The lowest BCUT2D eigenvalue weighted by molar-refractivity contribution is -0.124. The Morgan fingerprint density at radius 3 is 2.64 bits per heavy atom. The maximum Gasteiger partial charge on any atom is 0.258 e. The van der Waals surface area contributed by atoms with Crippen molar-refractivity contribution in [2.24, 2.45) is 0 Å². The molecule has 0 atom stereocenters. The number of hydrogen-bond donors (Lipinski definition) is 1. The van der Waals surface area contributed by atoms with Crippen molar-refractivity contribution in [3.8, 4) is 17.5 Å². The minimum Gasteiger partial charge on any atom is -0.482 e. The minimum absolute atomic E-state index is 0.0404. The van der Waals surface area contributed by atoms with E-state index >= 15 is 0 Å². The van der Waals surface area contributed by atoms with Crippen LogP contribution in [0.15, 0.2) is 30.6 Å². The third-order valence-corrected chi connectivity index (χ3v) is 4.91. The highest BCUT2D eigenvalue weighted by Crippen LogP contribution is 2.27. The number of carbonyl (C=O) groups excluding carboxylic acids is 1. The summed E-state index contributed by atoms with van der Waals surface area (Å²) in [7, 11) is 1.53. The molecule has 28 heavy (non-hydrogen) atoms. The Balaban J connectivity index is 1.40. The number of ether oxygens (including phenoxy) is 3. The van der Waals surface area contributed by atoms with Crippen molar-refractivity contribution in [3.63, 3.8) is 0 Å². The molecule has 1 aromatic heterocycles. The summed E-state index contributed by atoms with van der Waals surface area (Å²) in [4.78, 5) is 20.4. The lowest BCUT2D eigenvalue weighted by Gasteiger charge is -2.29. The summed E-state index contributed by atoms with van der Waals surface area (Å²) in [6, 6.07) is 4.97. The molecule has 1 amide bonds.